The Morgan fingerprint density at radius 3 is 2.33 bits per heavy atom. The van der Waals surface area contributed by atoms with E-state index in [1.165, 1.54) is 29.3 Å². The summed E-state index contributed by atoms with van der Waals surface area (Å²) < 4.78 is 29.2. The van der Waals surface area contributed by atoms with Gasteiger partial charge in [-0.3, -0.25) is 4.79 Å². The number of aliphatic carboxylic acids is 1. The van der Waals surface area contributed by atoms with Gasteiger partial charge in [-0.15, -0.1) is 22.7 Å². The number of aromatic nitrogens is 4. The minimum Gasteiger partial charge on any atom is -0.481 e. The standard InChI is InChI=1S/C32H25F2N5O2S2/c33-24-10-7-20(12-25(24)34)23-14-43-31-29(23)37-16-38-32(31)39-21-8-5-19(6-9-21)27-30-28(36-15-35-27)22(13-42-30)18-3-1-17(2-4-18)11-26(40)41/h5-10,12-18H,1-4,11H2,(H,40,41)(H,37,38,39). The fourth-order valence-corrected chi connectivity index (χ4v) is 8.03. The van der Waals surface area contributed by atoms with Crippen molar-refractivity contribution in [3.63, 3.8) is 0 Å². The van der Waals surface area contributed by atoms with Gasteiger partial charge in [0.25, 0.3) is 0 Å². The van der Waals surface area contributed by atoms with Gasteiger partial charge in [-0.05, 0) is 78.3 Å². The Morgan fingerprint density at radius 2 is 1.56 bits per heavy atom. The molecule has 1 fully saturated rings. The van der Waals surface area contributed by atoms with Crippen LogP contribution in [0.3, 0.4) is 0 Å². The monoisotopic (exact) mass is 613 g/mol. The number of halogens is 2. The Balaban J connectivity index is 1.11. The fraction of sp³-hybridized carbons (Fsp3) is 0.219. The SMILES string of the molecule is O=C(O)CC1CCC(c2csc3c(-c4ccc(Nc5ncnc6c(-c7ccc(F)c(F)c7)csc56)cc4)ncnc23)CC1. The van der Waals surface area contributed by atoms with Crippen molar-refractivity contribution in [1.82, 2.24) is 19.9 Å². The highest BCUT2D eigenvalue weighted by atomic mass is 32.1. The van der Waals surface area contributed by atoms with Gasteiger partial charge in [0.05, 0.1) is 26.1 Å². The van der Waals surface area contributed by atoms with Gasteiger partial charge in [-0.2, -0.15) is 0 Å². The molecule has 11 heteroatoms. The Morgan fingerprint density at radius 1 is 0.837 bits per heavy atom. The van der Waals surface area contributed by atoms with Crippen LogP contribution in [0.5, 0.6) is 0 Å². The summed E-state index contributed by atoms with van der Waals surface area (Å²) in [7, 11) is 0. The van der Waals surface area contributed by atoms with Crippen molar-refractivity contribution < 1.29 is 18.7 Å². The lowest BCUT2D eigenvalue weighted by Crippen LogP contribution is -2.16. The molecular weight excluding hydrogens is 589 g/mol. The van der Waals surface area contributed by atoms with Crippen LogP contribution < -0.4 is 5.32 Å². The molecular formula is C32H25F2N5O2S2. The molecule has 0 aliphatic heterocycles. The third-order valence-corrected chi connectivity index (χ3v) is 10.1. The van der Waals surface area contributed by atoms with E-state index in [-0.39, 0.29) is 12.3 Å². The average Bonchev–Trinajstić information content (AvgIpc) is 3.65. The van der Waals surface area contributed by atoms with Crippen LogP contribution in [0.4, 0.5) is 20.3 Å². The lowest BCUT2D eigenvalue weighted by atomic mass is 9.78. The molecule has 1 aliphatic rings. The van der Waals surface area contributed by atoms with Crippen LogP contribution in [0.2, 0.25) is 0 Å². The second-order valence-electron chi connectivity index (χ2n) is 10.8. The molecule has 0 spiro atoms. The number of carboxylic acids is 1. The van der Waals surface area contributed by atoms with Crippen molar-refractivity contribution in [2.24, 2.45) is 5.92 Å². The first-order valence-electron chi connectivity index (χ1n) is 13.9. The molecule has 1 saturated carbocycles. The van der Waals surface area contributed by atoms with E-state index in [4.69, 9.17) is 5.11 Å². The van der Waals surface area contributed by atoms with E-state index >= 15 is 0 Å². The number of carboxylic acid groups (broad SMARTS) is 1. The van der Waals surface area contributed by atoms with E-state index in [1.54, 1.807) is 23.7 Å². The first-order chi connectivity index (χ1) is 20.9. The van der Waals surface area contributed by atoms with E-state index in [0.717, 1.165) is 69.2 Å². The van der Waals surface area contributed by atoms with Crippen molar-refractivity contribution in [1.29, 1.82) is 0 Å². The number of carbonyl (C=O) groups is 1. The van der Waals surface area contributed by atoms with Crippen LogP contribution >= 0.6 is 22.7 Å². The largest absolute Gasteiger partial charge is 0.481 e. The van der Waals surface area contributed by atoms with E-state index in [2.05, 4.69) is 30.6 Å². The molecule has 0 radical (unpaired) electrons. The zero-order valence-corrected chi connectivity index (χ0v) is 24.4. The van der Waals surface area contributed by atoms with Gasteiger partial charge < -0.3 is 10.4 Å². The summed E-state index contributed by atoms with van der Waals surface area (Å²) in [6.45, 7) is 0. The second-order valence-corrected chi connectivity index (χ2v) is 12.5. The zero-order valence-electron chi connectivity index (χ0n) is 22.8. The van der Waals surface area contributed by atoms with E-state index in [9.17, 15) is 13.6 Å². The smallest absolute Gasteiger partial charge is 0.303 e. The normalized spacial score (nSPS) is 17.0. The number of thiophene rings is 2. The molecule has 7 rings (SSSR count). The summed E-state index contributed by atoms with van der Waals surface area (Å²) in [4.78, 5) is 29.2. The minimum atomic E-state index is -0.899. The lowest BCUT2D eigenvalue weighted by molar-refractivity contribution is -0.138. The third-order valence-electron chi connectivity index (χ3n) is 8.14. The summed E-state index contributed by atoms with van der Waals surface area (Å²) >= 11 is 3.09. The molecule has 216 valence electrons. The summed E-state index contributed by atoms with van der Waals surface area (Å²) in [6, 6.07) is 11.8. The van der Waals surface area contributed by atoms with Crippen molar-refractivity contribution in [2.75, 3.05) is 5.32 Å². The highest BCUT2D eigenvalue weighted by molar-refractivity contribution is 7.18. The topological polar surface area (TPSA) is 101 Å². The number of fused-ring (bicyclic) bond motifs is 2. The van der Waals surface area contributed by atoms with Crippen molar-refractivity contribution >= 4 is 60.6 Å². The highest BCUT2D eigenvalue weighted by Crippen LogP contribution is 2.43. The van der Waals surface area contributed by atoms with Gasteiger partial charge in [-0.1, -0.05) is 18.2 Å². The predicted molar refractivity (Wildman–Crippen MR) is 166 cm³/mol. The van der Waals surface area contributed by atoms with E-state index < -0.39 is 17.6 Å². The highest BCUT2D eigenvalue weighted by Gasteiger charge is 2.27. The van der Waals surface area contributed by atoms with Gasteiger partial charge in [0.1, 0.15) is 12.7 Å². The first-order valence-corrected chi connectivity index (χ1v) is 15.7. The number of nitrogens with one attached hydrogen (secondary N) is 1. The molecule has 0 amide bonds. The predicted octanol–water partition coefficient (Wildman–Crippen LogP) is 8.80. The van der Waals surface area contributed by atoms with Gasteiger partial charge in [0.15, 0.2) is 17.5 Å². The van der Waals surface area contributed by atoms with E-state index in [0.29, 0.717) is 22.8 Å². The molecule has 7 nitrogen and oxygen atoms in total. The Bertz CT molecular complexity index is 1970. The summed E-state index contributed by atoms with van der Waals surface area (Å²) in [5.41, 5.74) is 6.85. The van der Waals surface area contributed by atoms with Crippen molar-refractivity contribution in [3.8, 4) is 22.4 Å². The quantitative estimate of drug-likeness (QED) is 0.186. The van der Waals surface area contributed by atoms with Crippen molar-refractivity contribution in [2.45, 2.75) is 38.0 Å². The van der Waals surface area contributed by atoms with Crippen LogP contribution in [-0.2, 0) is 4.79 Å². The third kappa shape index (κ3) is 5.34. The van der Waals surface area contributed by atoms with Crippen LogP contribution in [-0.4, -0.2) is 31.0 Å². The molecule has 6 aromatic rings. The zero-order chi connectivity index (χ0) is 29.5. The summed E-state index contributed by atoms with van der Waals surface area (Å²) in [5.74, 6) is -1.23. The molecule has 1 aliphatic carbocycles. The Kier molecular flexibility index (Phi) is 7.28. The molecule has 0 unspecified atom stereocenters. The number of hydrogen-bond donors (Lipinski definition) is 2. The number of rotatable bonds is 7. The molecule has 43 heavy (non-hydrogen) atoms. The van der Waals surface area contributed by atoms with Gasteiger partial charge in [0, 0.05) is 28.6 Å². The Labute approximate surface area is 253 Å². The fourth-order valence-electron chi connectivity index (χ4n) is 5.95. The van der Waals surface area contributed by atoms with Crippen molar-refractivity contribution in [3.05, 3.63) is 83.1 Å². The molecule has 4 heterocycles. The molecule has 4 aromatic heterocycles. The molecule has 0 saturated heterocycles. The van der Waals surface area contributed by atoms with Gasteiger partial charge in [-0.25, -0.2) is 28.7 Å². The molecule has 0 atom stereocenters. The first kappa shape index (κ1) is 27.5. The summed E-state index contributed by atoms with van der Waals surface area (Å²) in [5, 5.41) is 16.6. The maximum atomic E-state index is 13.9. The van der Waals surface area contributed by atoms with Gasteiger partial charge >= 0.3 is 5.97 Å². The number of nitrogens with zero attached hydrogens (tertiary/aromatic N) is 4. The molecule has 0 bridgehead atoms. The number of hydrogen-bond acceptors (Lipinski definition) is 8. The van der Waals surface area contributed by atoms with Crippen LogP contribution in [0.15, 0.2) is 65.9 Å². The van der Waals surface area contributed by atoms with Crippen LogP contribution in [0, 0.1) is 17.6 Å². The Hall–Kier alpha value is -4.35. The maximum Gasteiger partial charge on any atom is 0.303 e. The van der Waals surface area contributed by atoms with Crippen LogP contribution in [0.1, 0.15) is 43.6 Å². The van der Waals surface area contributed by atoms with Crippen LogP contribution in [0.25, 0.3) is 42.8 Å². The maximum absolute atomic E-state index is 13.9. The molecule has 2 aromatic carbocycles. The van der Waals surface area contributed by atoms with Gasteiger partial charge in [0.2, 0.25) is 0 Å². The number of anilines is 2. The minimum absolute atomic E-state index is 0.252. The lowest BCUT2D eigenvalue weighted by Gasteiger charge is -2.27. The molecule has 2 N–H and O–H groups in total. The van der Waals surface area contributed by atoms with E-state index in [1.807, 2.05) is 29.6 Å². The number of benzene rings is 2. The second kappa shape index (κ2) is 11.4. The summed E-state index contributed by atoms with van der Waals surface area (Å²) in [6.07, 6.45) is 7.14. The average molecular weight is 614 g/mol.